The van der Waals surface area contributed by atoms with Gasteiger partial charge in [0.2, 0.25) is 0 Å². The van der Waals surface area contributed by atoms with Crippen LogP contribution < -0.4 is 5.32 Å². The predicted octanol–water partition coefficient (Wildman–Crippen LogP) is 1.16. The molecule has 0 aromatic heterocycles. The van der Waals surface area contributed by atoms with Crippen LogP contribution in [0.3, 0.4) is 0 Å². The smallest absolute Gasteiger partial charge is 0.101 e. The number of aliphatic hydroxyl groups excluding tert-OH is 1. The normalized spacial score (nSPS) is 14.4. The van der Waals surface area contributed by atoms with Crippen LogP contribution in [0.1, 0.15) is 12.5 Å². The number of rotatable bonds is 4. The van der Waals surface area contributed by atoms with Gasteiger partial charge in [-0.3, -0.25) is 5.32 Å². The first-order chi connectivity index (χ1) is 6.70. The summed E-state index contributed by atoms with van der Waals surface area (Å²) >= 11 is 0. The van der Waals surface area contributed by atoms with Crippen LogP contribution in [-0.2, 0) is 6.54 Å². The van der Waals surface area contributed by atoms with Gasteiger partial charge in [0.15, 0.2) is 0 Å². The maximum atomic E-state index is 9.06. The van der Waals surface area contributed by atoms with Crippen molar-refractivity contribution in [3.8, 4) is 12.3 Å². The summed E-state index contributed by atoms with van der Waals surface area (Å²) in [7, 11) is 0. The molecule has 0 fully saturated rings. The zero-order valence-electron chi connectivity index (χ0n) is 8.33. The van der Waals surface area contributed by atoms with Crippen LogP contribution in [0.2, 0.25) is 0 Å². The molecular formula is C12H15NO. The Bertz CT molecular complexity index is 315. The molecule has 1 rings (SSSR count). The van der Waals surface area contributed by atoms with Crippen LogP contribution in [0.4, 0.5) is 0 Å². The van der Waals surface area contributed by atoms with Gasteiger partial charge in [-0.2, -0.15) is 0 Å². The number of terminal acetylenes is 1. The Labute approximate surface area is 85.0 Å². The van der Waals surface area contributed by atoms with Crippen LogP contribution in [-0.4, -0.2) is 17.3 Å². The summed E-state index contributed by atoms with van der Waals surface area (Å²) in [6, 6.07) is 9.95. The van der Waals surface area contributed by atoms with Crippen LogP contribution in [0.5, 0.6) is 0 Å². The van der Waals surface area contributed by atoms with E-state index in [1.807, 2.05) is 30.3 Å². The van der Waals surface area contributed by atoms with Gasteiger partial charge in [-0.15, -0.1) is 6.42 Å². The van der Waals surface area contributed by atoms with E-state index >= 15 is 0 Å². The molecule has 0 amide bonds. The maximum Gasteiger partial charge on any atom is 0.101 e. The summed E-state index contributed by atoms with van der Waals surface area (Å²) in [6.07, 6.45) is 5.31. The highest BCUT2D eigenvalue weighted by Crippen LogP contribution is 2.04. The van der Waals surface area contributed by atoms with E-state index in [1.165, 1.54) is 0 Å². The topological polar surface area (TPSA) is 32.3 Å². The molecule has 1 atom stereocenters. The minimum Gasteiger partial charge on any atom is -0.393 e. The van der Waals surface area contributed by atoms with Gasteiger partial charge in [0.25, 0.3) is 0 Å². The predicted molar refractivity (Wildman–Crippen MR) is 57.6 cm³/mol. The lowest BCUT2D eigenvalue weighted by Crippen LogP contribution is -2.43. The lowest BCUT2D eigenvalue weighted by molar-refractivity contribution is 0.214. The Morgan fingerprint density at radius 1 is 1.43 bits per heavy atom. The minimum absolute atomic E-state index is 0.0592. The monoisotopic (exact) mass is 189 g/mol. The Morgan fingerprint density at radius 2 is 2.07 bits per heavy atom. The fourth-order valence-corrected chi connectivity index (χ4v) is 1.05. The molecule has 2 heteroatoms. The SMILES string of the molecule is C#CC(C)(CO)NCc1ccccc1. The van der Waals surface area contributed by atoms with Gasteiger partial charge < -0.3 is 5.11 Å². The van der Waals surface area contributed by atoms with Gasteiger partial charge in [0.05, 0.1) is 6.61 Å². The van der Waals surface area contributed by atoms with E-state index in [0.717, 1.165) is 5.56 Å². The molecule has 0 aliphatic heterocycles. The first kappa shape index (κ1) is 10.8. The number of nitrogens with one attached hydrogen (secondary N) is 1. The van der Waals surface area contributed by atoms with Crippen molar-refractivity contribution in [2.24, 2.45) is 0 Å². The van der Waals surface area contributed by atoms with E-state index in [2.05, 4.69) is 11.2 Å². The highest BCUT2D eigenvalue weighted by molar-refractivity contribution is 5.17. The first-order valence-electron chi connectivity index (χ1n) is 4.58. The van der Waals surface area contributed by atoms with Gasteiger partial charge in [0, 0.05) is 6.54 Å². The molecule has 0 spiro atoms. The van der Waals surface area contributed by atoms with E-state index in [-0.39, 0.29) is 6.61 Å². The average molecular weight is 189 g/mol. The van der Waals surface area contributed by atoms with Crippen molar-refractivity contribution in [3.05, 3.63) is 35.9 Å². The third-order valence-electron chi connectivity index (χ3n) is 2.16. The molecule has 0 bridgehead atoms. The second kappa shape index (κ2) is 4.80. The van der Waals surface area contributed by atoms with E-state index < -0.39 is 5.54 Å². The highest BCUT2D eigenvalue weighted by Gasteiger charge is 2.18. The highest BCUT2D eigenvalue weighted by atomic mass is 16.3. The van der Waals surface area contributed by atoms with Crippen molar-refractivity contribution in [1.82, 2.24) is 5.32 Å². The van der Waals surface area contributed by atoms with Crippen molar-refractivity contribution in [1.29, 1.82) is 0 Å². The van der Waals surface area contributed by atoms with E-state index in [0.29, 0.717) is 6.54 Å². The largest absolute Gasteiger partial charge is 0.393 e. The molecular weight excluding hydrogens is 174 g/mol. The van der Waals surface area contributed by atoms with Crippen LogP contribution in [0.25, 0.3) is 0 Å². The lowest BCUT2D eigenvalue weighted by atomic mass is 10.0. The van der Waals surface area contributed by atoms with E-state index in [9.17, 15) is 0 Å². The molecule has 1 aromatic carbocycles. The summed E-state index contributed by atoms with van der Waals surface area (Å²) in [5.74, 6) is 2.54. The van der Waals surface area contributed by atoms with Crippen molar-refractivity contribution < 1.29 is 5.11 Å². The van der Waals surface area contributed by atoms with E-state index in [1.54, 1.807) is 6.92 Å². The van der Waals surface area contributed by atoms with Gasteiger partial charge in [0.1, 0.15) is 5.54 Å². The lowest BCUT2D eigenvalue weighted by Gasteiger charge is -2.22. The van der Waals surface area contributed by atoms with Crippen LogP contribution >= 0.6 is 0 Å². The number of benzene rings is 1. The molecule has 14 heavy (non-hydrogen) atoms. The van der Waals surface area contributed by atoms with Gasteiger partial charge in [-0.1, -0.05) is 36.3 Å². The van der Waals surface area contributed by atoms with Gasteiger partial charge in [-0.25, -0.2) is 0 Å². The zero-order valence-corrected chi connectivity index (χ0v) is 8.33. The van der Waals surface area contributed by atoms with E-state index in [4.69, 9.17) is 11.5 Å². The first-order valence-corrected chi connectivity index (χ1v) is 4.58. The minimum atomic E-state index is -0.629. The van der Waals surface area contributed by atoms with Crippen molar-refractivity contribution in [2.75, 3.05) is 6.61 Å². The molecule has 0 saturated carbocycles. The summed E-state index contributed by atoms with van der Waals surface area (Å²) in [5.41, 5.74) is 0.526. The molecule has 2 N–H and O–H groups in total. The summed E-state index contributed by atoms with van der Waals surface area (Å²) in [5, 5.41) is 12.2. The maximum absolute atomic E-state index is 9.06. The fraction of sp³-hybridized carbons (Fsp3) is 0.333. The second-order valence-corrected chi connectivity index (χ2v) is 3.47. The Hall–Kier alpha value is -1.30. The quantitative estimate of drug-likeness (QED) is 0.697. The molecule has 1 aromatic rings. The molecule has 0 aliphatic rings. The molecule has 0 aliphatic carbocycles. The molecule has 2 nitrogen and oxygen atoms in total. The fourth-order valence-electron chi connectivity index (χ4n) is 1.05. The van der Waals surface area contributed by atoms with Crippen molar-refractivity contribution in [2.45, 2.75) is 19.0 Å². The third-order valence-corrected chi connectivity index (χ3v) is 2.16. The van der Waals surface area contributed by atoms with Crippen molar-refractivity contribution in [3.63, 3.8) is 0 Å². The molecule has 0 radical (unpaired) electrons. The van der Waals surface area contributed by atoms with Crippen LogP contribution in [0.15, 0.2) is 30.3 Å². The third kappa shape index (κ3) is 2.88. The number of hydrogen-bond donors (Lipinski definition) is 2. The number of hydrogen-bond acceptors (Lipinski definition) is 2. The average Bonchev–Trinajstić information content (AvgIpc) is 2.27. The Kier molecular flexibility index (Phi) is 3.70. The number of aliphatic hydroxyl groups is 1. The van der Waals surface area contributed by atoms with Crippen molar-refractivity contribution >= 4 is 0 Å². The van der Waals surface area contributed by atoms with Gasteiger partial charge >= 0.3 is 0 Å². The summed E-state index contributed by atoms with van der Waals surface area (Å²) < 4.78 is 0. The zero-order chi connectivity index (χ0) is 10.4. The molecule has 0 saturated heterocycles. The van der Waals surface area contributed by atoms with Gasteiger partial charge in [-0.05, 0) is 12.5 Å². The second-order valence-electron chi connectivity index (χ2n) is 3.47. The molecule has 1 unspecified atom stereocenters. The standard InChI is InChI=1S/C12H15NO/c1-3-12(2,10-14)13-9-11-7-5-4-6-8-11/h1,4-8,13-14H,9-10H2,2H3. The summed E-state index contributed by atoms with van der Waals surface area (Å²) in [4.78, 5) is 0. The Balaban J connectivity index is 2.53. The Morgan fingerprint density at radius 3 is 2.57 bits per heavy atom. The van der Waals surface area contributed by atoms with Crippen LogP contribution in [0, 0.1) is 12.3 Å². The molecule has 74 valence electrons. The summed E-state index contributed by atoms with van der Waals surface area (Å²) in [6.45, 7) is 2.41. The molecule has 0 heterocycles.